The third-order valence-electron chi connectivity index (χ3n) is 2.60. The Balaban J connectivity index is 2.49. The van der Waals surface area contributed by atoms with Gasteiger partial charge >= 0.3 is 15.5 Å². The topological polar surface area (TPSA) is 81.2 Å². The lowest BCUT2D eigenvalue weighted by molar-refractivity contribution is -0.0429. The number of nitrogens with one attached hydrogen (secondary N) is 1. The first-order chi connectivity index (χ1) is 10.2. The fraction of sp³-hybridized carbons (Fsp3) is 0.273. The van der Waals surface area contributed by atoms with Crippen LogP contribution in [0.4, 0.5) is 18.9 Å². The standard InChI is InChI=1S/C11H10F3N3O3S2/c1-6-9(21-5-16-6)7-3-8(10(20-2)15-4-7)17-22(18,19)11(12,13)14/h3-5,17H,1-2H3. The van der Waals surface area contributed by atoms with Crippen molar-refractivity contribution < 1.29 is 26.3 Å². The van der Waals surface area contributed by atoms with Crippen molar-refractivity contribution in [3.63, 3.8) is 0 Å². The highest BCUT2D eigenvalue weighted by molar-refractivity contribution is 7.93. The SMILES string of the molecule is COc1ncc(-c2scnc2C)cc1NS(=O)(=O)C(F)(F)F. The van der Waals surface area contributed by atoms with Crippen molar-refractivity contribution in [2.45, 2.75) is 12.4 Å². The van der Waals surface area contributed by atoms with Crippen LogP contribution >= 0.6 is 11.3 Å². The van der Waals surface area contributed by atoms with Crippen molar-refractivity contribution in [2.24, 2.45) is 0 Å². The van der Waals surface area contributed by atoms with E-state index in [1.54, 1.807) is 12.4 Å². The van der Waals surface area contributed by atoms with Gasteiger partial charge in [-0.1, -0.05) is 0 Å². The Bertz CT molecular complexity index is 787. The Hall–Kier alpha value is -1.88. The number of rotatable bonds is 4. The number of alkyl halides is 3. The maximum Gasteiger partial charge on any atom is 0.516 e. The minimum absolute atomic E-state index is 0.265. The van der Waals surface area contributed by atoms with Gasteiger partial charge in [-0.25, -0.2) is 9.97 Å². The number of ether oxygens (including phenoxy) is 1. The van der Waals surface area contributed by atoms with Crippen molar-refractivity contribution in [1.82, 2.24) is 9.97 Å². The van der Waals surface area contributed by atoms with E-state index in [2.05, 4.69) is 9.97 Å². The molecule has 2 heterocycles. The molecule has 0 unspecified atom stereocenters. The molecule has 0 aliphatic rings. The van der Waals surface area contributed by atoms with Crippen LogP contribution in [0, 0.1) is 6.92 Å². The Morgan fingerprint density at radius 2 is 2.00 bits per heavy atom. The molecule has 0 aromatic carbocycles. The first kappa shape index (κ1) is 16.5. The molecule has 0 saturated heterocycles. The Morgan fingerprint density at radius 3 is 2.50 bits per heavy atom. The molecule has 0 aliphatic heterocycles. The first-order valence-electron chi connectivity index (χ1n) is 5.69. The fourth-order valence-electron chi connectivity index (χ4n) is 1.59. The number of pyridine rings is 1. The van der Waals surface area contributed by atoms with E-state index in [0.29, 0.717) is 16.1 Å². The zero-order chi connectivity index (χ0) is 16.5. The second kappa shape index (κ2) is 5.72. The van der Waals surface area contributed by atoms with Crippen LogP contribution in [0.3, 0.4) is 0 Å². The summed E-state index contributed by atoms with van der Waals surface area (Å²) >= 11 is 1.26. The van der Waals surface area contributed by atoms with Crippen LogP contribution in [0.5, 0.6) is 5.88 Å². The molecule has 0 spiro atoms. The van der Waals surface area contributed by atoms with Gasteiger partial charge in [0.15, 0.2) is 0 Å². The lowest BCUT2D eigenvalue weighted by Crippen LogP contribution is -2.30. The maximum atomic E-state index is 12.5. The van der Waals surface area contributed by atoms with E-state index in [1.165, 1.54) is 35.4 Å². The first-order valence-corrected chi connectivity index (χ1v) is 8.05. The second-order valence-corrected chi connectivity index (χ2v) is 6.63. The number of thiazole rings is 1. The molecule has 2 rings (SSSR count). The van der Waals surface area contributed by atoms with Gasteiger partial charge in [0.05, 0.1) is 23.2 Å². The van der Waals surface area contributed by atoms with Gasteiger partial charge in [0, 0.05) is 11.8 Å². The van der Waals surface area contributed by atoms with Crippen molar-refractivity contribution in [3.05, 3.63) is 23.5 Å². The van der Waals surface area contributed by atoms with Crippen molar-refractivity contribution in [1.29, 1.82) is 0 Å². The summed E-state index contributed by atoms with van der Waals surface area (Å²) in [6.45, 7) is 1.72. The zero-order valence-electron chi connectivity index (χ0n) is 11.3. The molecule has 11 heteroatoms. The van der Waals surface area contributed by atoms with Crippen LogP contribution in [-0.4, -0.2) is 31.0 Å². The number of methoxy groups -OCH3 is 1. The second-order valence-electron chi connectivity index (χ2n) is 4.10. The van der Waals surface area contributed by atoms with Gasteiger partial charge in [-0.2, -0.15) is 21.6 Å². The molecule has 0 radical (unpaired) electrons. The average Bonchev–Trinajstić information content (AvgIpc) is 2.83. The number of sulfonamides is 1. The molecular formula is C11H10F3N3O3S2. The predicted octanol–water partition coefficient (Wildman–Crippen LogP) is 2.78. The highest BCUT2D eigenvalue weighted by Crippen LogP contribution is 2.34. The number of aryl methyl sites for hydroxylation is 1. The van der Waals surface area contributed by atoms with E-state index < -0.39 is 21.2 Å². The summed E-state index contributed by atoms with van der Waals surface area (Å²) in [6.07, 6.45) is 1.37. The molecule has 0 saturated carbocycles. The number of hydrogen-bond donors (Lipinski definition) is 1. The van der Waals surface area contributed by atoms with Crippen LogP contribution in [-0.2, 0) is 10.0 Å². The van der Waals surface area contributed by atoms with Crippen LogP contribution in [0.15, 0.2) is 17.8 Å². The quantitative estimate of drug-likeness (QED) is 0.914. The average molecular weight is 353 g/mol. The Morgan fingerprint density at radius 1 is 1.32 bits per heavy atom. The number of halogens is 3. The van der Waals surface area contributed by atoms with Crippen LogP contribution in [0.25, 0.3) is 10.4 Å². The van der Waals surface area contributed by atoms with Crippen LogP contribution in [0.2, 0.25) is 0 Å². The van der Waals surface area contributed by atoms with E-state index in [1.807, 2.05) is 0 Å². The molecule has 0 fully saturated rings. The summed E-state index contributed by atoms with van der Waals surface area (Å²) in [5.74, 6) is -0.265. The van der Waals surface area contributed by atoms with Gasteiger partial charge in [0.25, 0.3) is 0 Å². The van der Waals surface area contributed by atoms with Crippen molar-refractivity contribution >= 4 is 27.0 Å². The van der Waals surface area contributed by atoms with Gasteiger partial charge in [0.2, 0.25) is 5.88 Å². The van der Waals surface area contributed by atoms with Crippen LogP contribution in [0.1, 0.15) is 5.69 Å². The highest BCUT2D eigenvalue weighted by Gasteiger charge is 2.46. The summed E-state index contributed by atoms with van der Waals surface area (Å²) in [5.41, 5.74) is -3.18. The minimum atomic E-state index is -5.56. The maximum absolute atomic E-state index is 12.5. The van der Waals surface area contributed by atoms with E-state index in [4.69, 9.17) is 4.74 Å². The Labute approximate surface area is 128 Å². The molecule has 1 N–H and O–H groups in total. The van der Waals surface area contributed by atoms with Crippen molar-refractivity contribution in [3.8, 4) is 16.3 Å². The third kappa shape index (κ3) is 3.14. The van der Waals surface area contributed by atoms with Gasteiger partial charge in [-0.15, -0.1) is 11.3 Å². The summed E-state index contributed by atoms with van der Waals surface area (Å²) in [5, 5.41) is 0. The van der Waals surface area contributed by atoms with Gasteiger partial charge in [0.1, 0.15) is 5.69 Å². The number of hydrogen-bond acceptors (Lipinski definition) is 6. The Kier molecular flexibility index (Phi) is 4.29. The molecule has 0 amide bonds. The molecule has 120 valence electrons. The number of anilines is 1. The fourth-order valence-corrected chi connectivity index (χ4v) is 2.93. The van der Waals surface area contributed by atoms with Crippen LogP contribution < -0.4 is 9.46 Å². The molecule has 2 aromatic rings. The molecule has 0 bridgehead atoms. The molecule has 6 nitrogen and oxygen atoms in total. The summed E-state index contributed by atoms with van der Waals surface area (Å²) < 4.78 is 66.1. The summed E-state index contributed by atoms with van der Waals surface area (Å²) in [6, 6.07) is 1.22. The lowest BCUT2D eigenvalue weighted by atomic mass is 10.2. The summed E-state index contributed by atoms with van der Waals surface area (Å²) in [4.78, 5) is 8.51. The molecule has 22 heavy (non-hydrogen) atoms. The van der Waals surface area contributed by atoms with E-state index in [-0.39, 0.29) is 5.88 Å². The smallest absolute Gasteiger partial charge is 0.480 e. The van der Waals surface area contributed by atoms with Crippen molar-refractivity contribution in [2.75, 3.05) is 11.8 Å². The minimum Gasteiger partial charge on any atom is -0.480 e. The number of nitrogens with zero attached hydrogens (tertiary/aromatic N) is 2. The molecule has 0 atom stereocenters. The summed E-state index contributed by atoms with van der Waals surface area (Å²) in [7, 11) is -4.39. The predicted molar refractivity (Wildman–Crippen MR) is 75.2 cm³/mol. The highest BCUT2D eigenvalue weighted by atomic mass is 32.2. The van der Waals surface area contributed by atoms with E-state index >= 15 is 0 Å². The zero-order valence-corrected chi connectivity index (χ0v) is 12.9. The lowest BCUT2D eigenvalue weighted by Gasteiger charge is -2.13. The normalized spacial score (nSPS) is 12.2. The number of aromatic nitrogens is 2. The molecular weight excluding hydrogens is 343 g/mol. The van der Waals surface area contributed by atoms with Gasteiger partial charge in [-0.3, -0.25) is 4.72 Å². The molecule has 0 aliphatic carbocycles. The largest absolute Gasteiger partial charge is 0.516 e. The monoisotopic (exact) mass is 353 g/mol. The van der Waals surface area contributed by atoms with Gasteiger partial charge in [-0.05, 0) is 13.0 Å². The molecule has 2 aromatic heterocycles. The van der Waals surface area contributed by atoms with E-state index in [9.17, 15) is 21.6 Å². The van der Waals surface area contributed by atoms with Gasteiger partial charge < -0.3 is 4.74 Å². The van der Waals surface area contributed by atoms with E-state index in [0.717, 1.165) is 0 Å². The third-order valence-corrected chi connectivity index (χ3v) is 4.68.